The Kier molecular flexibility index (Phi) is 4.04. The van der Waals surface area contributed by atoms with Gasteiger partial charge in [0.15, 0.2) is 0 Å². The third-order valence-corrected chi connectivity index (χ3v) is 1.87. The van der Waals surface area contributed by atoms with Gasteiger partial charge in [-0.2, -0.15) is 10.2 Å². The molecule has 0 atom stereocenters. The maximum atomic E-state index is 8.70. The summed E-state index contributed by atoms with van der Waals surface area (Å²) in [6.07, 6.45) is 0.958. The summed E-state index contributed by atoms with van der Waals surface area (Å²) in [7, 11) is 0. The largest absolute Gasteiger partial charge is 0.463 e. The van der Waals surface area contributed by atoms with Gasteiger partial charge in [-0.15, -0.1) is 0 Å². The van der Waals surface area contributed by atoms with Crippen molar-refractivity contribution in [1.29, 1.82) is 5.26 Å². The second kappa shape index (κ2) is 5.30. The van der Waals surface area contributed by atoms with Crippen LogP contribution >= 0.6 is 0 Å². The van der Waals surface area contributed by atoms with Crippen molar-refractivity contribution in [3.8, 4) is 12.1 Å². The third-order valence-electron chi connectivity index (χ3n) is 1.87. The van der Waals surface area contributed by atoms with Crippen LogP contribution in [0.3, 0.4) is 0 Å². The van der Waals surface area contributed by atoms with Crippen molar-refractivity contribution < 1.29 is 4.74 Å². The summed E-state index contributed by atoms with van der Waals surface area (Å²) in [5.41, 5.74) is 1.10. The molecule has 0 amide bonds. The van der Waals surface area contributed by atoms with Gasteiger partial charge >= 0.3 is 6.01 Å². The molecule has 4 nitrogen and oxygen atoms in total. The molecule has 0 aromatic carbocycles. The molecule has 0 aliphatic heterocycles. The third kappa shape index (κ3) is 3.94. The van der Waals surface area contributed by atoms with Gasteiger partial charge in [-0.3, -0.25) is 0 Å². The molecule has 0 radical (unpaired) electrons. The lowest BCUT2D eigenvalue weighted by Crippen LogP contribution is -2.05. The summed E-state index contributed by atoms with van der Waals surface area (Å²) in [5.74, 6) is 0.588. The average Bonchev–Trinajstić information content (AvgIpc) is 2.16. The van der Waals surface area contributed by atoms with Crippen molar-refractivity contribution in [3.05, 3.63) is 17.5 Å². The van der Waals surface area contributed by atoms with E-state index >= 15 is 0 Å². The topological polar surface area (TPSA) is 58.8 Å². The zero-order valence-electron chi connectivity index (χ0n) is 9.32. The fraction of sp³-hybridized carbons (Fsp3) is 0.545. The van der Waals surface area contributed by atoms with Crippen LogP contribution in [-0.4, -0.2) is 16.6 Å². The van der Waals surface area contributed by atoms with Gasteiger partial charge < -0.3 is 4.74 Å². The molecule has 0 unspecified atom stereocenters. The van der Waals surface area contributed by atoms with E-state index in [1.54, 1.807) is 6.07 Å². The summed E-state index contributed by atoms with van der Waals surface area (Å²) >= 11 is 0. The van der Waals surface area contributed by atoms with E-state index in [2.05, 4.69) is 23.8 Å². The molecule has 1 rings (SSSR count). The molecular weight excluding hydrogens is 190 g/mol. The molecule has 1 heterocycles. The second-order valence-electron chi connectivity index (χ2n) is 3.82. The lowest BCUT2D eigenvalue weighted by Gasteiger charge is -2.06. The van der Waals surface area contributed by atoms with Crippen molar-refractivity contribution in [2.45, 2.75) is 27.2 Å². The lowest BCUT2D eigenvalue weighted by atomic mass is 10.1. The Morgan fingerprint density at radius 3 is 2.80 bits per heavy atom. The molecule has 15 heavy (non-hydrogen) atoms. The van der Waals surface area contributed by atoms with Gasteiger partial charge in [0.2, 0.25) is 0 Å². The molecule has 80 valence electrons. The Hall–Kier alpha value is -1.63. The molecule has 0 N–H and O–H groups in total. The molecule has 0 fully saturated rings. The SMILES string of the molecule is Cc1cc(C#N)nc(OCCC(C)C)n1. The van der Waals surface area contributed by atoms with E-state index in [1.807, 2.05) is 13.0 Å². The van der Waals surface area contributed by atoms with E-state index < -0.39 is 0 Å². The van der Waals surface area contributed by atoms with Gasteiger partial charge in [0.1, 0.15) is 11.8 Å². The van der Waals surface area contributed by atoms with Crippen LogP contribution in [0.1, 0.15) is 31.7 Å². The van der Waals surface area contributed by atoms with E-state index in [-0.39, 0.29) is 0 Å². The van der Waals surface area contributed by atoms with Crippen LogP contribution in [0.5, 0.6) is 6.01 Å². The number of hydrogen-bond acceptors (Lipinski definition) is 4. The predicted molar refractivity (Wildman–Crippen MR) is 56.4 cm³/mol. The fourth-order valence-corrected chi connectivity index (χ4v) is 1.05. The molecule has 1 aromatic rings. The van der Waals surface area contributed by atoms with Gasteiger partial charge in [0, 0.05) is 5.69 Å². The first-order valence-electron chi connectivity index (χ1n) is 5.00. The molecule has 0 aliphatic carbocycles. The number of aryl methyl sites for hydroxylation is 1. The highest BCUT2D eigenvalue weighted by Crippen LogP contribution is 2.07. The maximum Gasteiger partial charge on any atom is 0.317 e. The average molecular weight is 205 g/mol. The molecule has 0 saturated carbocycles. The van der Waals surface area contributed by atoms with E-state index in [9.17, 15) is 0 Å². The minimum Gasteiger partial charge on any atom is -0.463 e. The van der Waals surface area contributed by atoms with Crippen molar-refractivity contribution in [3.63, 3.8) is 0 Å². The first-order valence-corrected chi connectivity index (χ1v) is 5.00. The number of rotatable bonds is 4. The number of nitriles is 1. The summed E-state index contributed by atoms with van der Waals surface area (Å²) in [6.45, 7) is 6.66. The van der Waals surface area contributed by atoms with E-state index in [0.717, 1.165) is 12.1 Å². The molecular formula is C11H15N3O. The minimum atomic E-state index is 0.298. The van der Waals surface area contributed by atoms with Gasteiger partial charge in [0.05, 0.1) is 6.61 Å². The minimum absolute atomic E-state index is 0.298. The quantitative estimate of drug-likeness (QED) is 0.755. The van der Waals surface area contributed by atoms with Crippen LogP contribution in [0.4, 0.5) is 0 Å². The molecule has 1 aromatic heterocycles. The smallest absolute Gasteiger partial charge is 0.317 e. The monoisotopic (exact) mass is 205 g/mol. The summed E-state index contributed by atoms with van der Waals surface area (Å²) in [6, 6.07) is 3.91. The Morgan fingerprint density at radius 2 is 2.20 bits per heavy atom. The van der Waals surface area contributed by atoms with Gasteiger partial charge in [-0.05, 0) is 25.3 Å². The van der Waals surface area contributed by atoms with Gasteiger partial charge in [-0.1, -0.05) is 13.8 Å². The zero-order valence-corrected chi connectivity index (χ0v) is 9.32. The van der Waals surface area contributed by atoms with Crippen LogP contribution in [0.25, 0.3) is 0 Å². The predicted octanol–water partition coefficient (Wildman–Crippen LogP) is 2.08. The fourth-order valence-electron chi connectivity index (χ4n) is 1.05. The molecule has 0 aliphatic rings. The molecule has 0 saturated heterocycles. The van der Waals surface area contributed by atoms with Crippen LogP contribution in [0, 0.1) is 24.2 Å². The second-order valence-corrected chi connectivity index (χ2v) is 3.82. The van der Waals surface area contributed by atoms with Crippen molar-refractivity contribution in [1.82, 2.24) is 9.97 Å². The number of hydrogen-bond donors (Lipinski definition) is 0. The molecule has 4 heteroatoms. The maximum absolute atomic E-state index is 8.70. The standard InChI is InChI=1S/C11H15N3O/c1-8(2)4-5-15-11-13-9(3)6-10(7-12)14-11/h6,8H,4-5H2,1-3H3. The first kappa shape index (κ1) is 11.4. The lowest BCUT2D eigenvalue weighted by molar-refractivity contribution is 0.267. The Labute approximate surface area is 89.9 Å². The Bertz CT molecular complexity index is 369. The molecule has 0 spiro atoms. The Balaban J connectivity index is 2.61. The van der Waals surface area contributed by atoms with Crippen LogP contribution < -0.4 is 4.74 Å². The van der Waals surface area contributed by atoms with Crippen LogP contribution in [-0.2, 0) is 0 Å². The highest BCUT2D eigenvalue weighted by molar-refractivity contribution is 5.23. The first-order chi connectivity index (χ1) is 7.11. The van der Waals surface area contributed by atoms with Crippen LogP contribution in [0.2, 0.25) is 0 Å². The zero-order chi connectivity index (χ0) is 11.3. The number of aromatic nitrogens is 2. The van der Waals surface area contributed by atoms with Gasteiger partial charge in [0.25, 0.3) is 0 Å². The van der Waals surface area contributed by atoms with E-state index in [1.165, 1.54) is 0 Å². The van der Waals surface area contributed by atoms with E-state index in [0.29, 0.717) is 24.2 Å². The van der Waals surface area contributed by atoms with Crippen molar-refractivity contribution in [2.24, 2.45) is 5.92 Å². The number of nitrogens with zero attached hydrogens (tertiary/aromatic N) is 3. The highest BCUT2D eigenvalue weighted by Gasteiger charge is 2.03. The molecule has 0 bridgehead atoms. The normalized spacial score (nSPS) is 10.1. The highest BCUT2D eigenvalue weighted by atomic mass is 16.5. The summed E-state index contributed by atoms with van der Waals surface area (Å²) in [4.78, 5) is 8.05. The summed E-state index contributed by atoms with van der Waals surface area (Å²) < 4.78 is 5.37. The van der Waals surface area contributed by atoms with Crippen molar-refractivity contribution in [2.75, 3.05) is 6.61 Å². The van der Waals surface area contributed by atoms with Gasteiger partial charge in [-0.25, -0.2) is 4.98 Å². The summed E-state index contributed by atoms with van der Waals surface area (Å²) in [5, 5.41) is 8.70. The van der Waals surface area contributed by atoms with Crippen molar-refractivity contribution >= 4 is 0 Å². The van der Waals surface area contributed by atoms with Crippen LogP contribution in [0.15, 0.2) is 6.07 Å². The van der Waals surface area contributed by atoms with E-state index in [4.69, 9.17) is 10.00 Å². The number of ether oxygens (including phenoxy) is 1. The Morgan fingerprint density at radius 1 is 1.47 bits per heavy atom.